The number of imide groups is 1. The van der Waals surface area contributed by atoms with Gasteiger partial charge in [0.1, 0.15) is 5.54 Å². The average Bonchev–Trinajstić information content (AvgIpc) is 3.34. The molecule has 3 N–H and O–H groups in total. The molecule has 1 spiro atoms. The molecule has 3 aliphatic rings. The fraction of sp³-hybridized carbons (Fsp3) is 0.348. The number of carbonyl (C=O) groups excluding carboxylic acids is 3. The van der Waals surface area contributed by atoms with Crippen molar-refractivity contribution in [2.75, 3.05) is 11.9 Å². The molecule has 8 heteroatoms. The number of halogens is 1. The first-order valence-electron chi connectivity index (χ1n) is 10.3. The van der Waals surface area contributed by atoms with E-state index >= 15 is 0 Å². The summed E-state index contributed by atoms with van der Waals surface area (Å²) in [5.74, 6) is -2.97. The third-order valence-corrected chi connectivity index (χ3v) is 7.03. The SMILES string of the molecule is C[C@@H](O)[C@H]1N[C@]2(C(=O)Nc3c(Cl)cccc32)[C@@H]2C(=O)N(CCc3ccccc3)C(=O)[C@@H]12. The predicted octanol–water partition coefficient (Wildman–Crippen LogP) is 1.68. The lowest BCUT2D eigenvalue weighted by Crippen LogP contribution is -2.54. The lowest BCUT2D eigenvalue weighted by atomic mass is 9.76. The van der Waals surface area contributed by atoms with E-state index in [-0.39, 0.29) is 12.5 Å². The van der Waals surface area contributed by atoms with E-state index in [0.29, 0.717) is 22.7 Å². The van der Waals surface area contributed by atoms with Crippen LogP contribution in [0.2, 0.25) is 5.02 Å². The van der Waals surface area contributed by atoms with Gasteiger partial charge in [-0.1, -0.05) is 54.1 Å². The van der Waals surface area contributed by atoms with Crippen LogP contribution < -0.4 is 10.6 Å². The molecule has 5 rings (SSSR count). The molecule has 0 saturated carbocycles. The molecule has 3 aliphatic heterocycles. The van der Waals surface area contributed by atoms with Crippen LogP contribution in [0.4, 0.5) is 5.69 Å². The molecule has 0 radical (unpaired) electrons. The second-order valence-electron chi connectivity index (χ2n) is 8.40. The van der Waals surface area contributed by atoms with Gasteiger partial charge in [-0.15, -0.1) is 0 Å². The van der Waals surface area contributed by atoms with E-state index in [4.69, 9.17) is 11.6 Å². The maximum atomic E-state index is 13.6. The van der Waals surface area contributed by atoms with Crippen LogP contribution >= 0.6 is 11.6 Å². The zero-order chi connectivity index (χ0) is 21.9. The lowest BCUT2D eigenvalue weighted by Gasteiger charge is -2.30. The Morgan fingerprint density at radius 3 is 2.55 bits per heavy atom. The molecule has 0 aliphatic carbocycles. The van der Waals surface area contributed by atoms with Crippen LogP contribution in [-0.2, 0) is 26.3 Å². The zero-order valence-electron chi connectivity index (χ0n) is 16.8. The number of nitrogens with one attached hydrogen (secondary N) is 2. The fourth-order valence-electron chi connectivity index (χ4n) is 5.30. The number of para-hydroxylation sites is 1. The van der Waals surface area contributed by atoms with Gasteiger partial charge in [-0.3, -0.25) is 24.6 Å². The van der Waals surface area contributed by atoms with Gasteiger partial charge in [0.05, 0.1) is 28.6 Å². The summed E-state index contributed by atoms with van der Waals surface area (Å²) in [5.41, 5.74) is 0.542. The van der Waals surface area contributed by atoms with Gasteiger partial charge in [0.25, 0.3) is 0 Å². The van der Waals surface area contributed by atoms with Gasteiger partial charge in [-0.05, 0) is 25.0 Å². The molecule has 2 fully saturated rings. The van der Waals surface area contributed by atoms with Crippen LogP contribution in [0.25, 0.3) is 0 Å². The van der Waals surface area contributed by atoms with Gasteiger partial charge < -0.3 is 10.4 Å². The summed E-state index contributed by atoms with van der Waals surface area (Å²) in [5, 5.41) is 16.7. The molecule has 2 aromatic rings. The number of aliphatic hydroxyl groups is 1. The van der Waals surface area contributed by atoms with Crippen LogP contribution in [-0.4, -0.2) is 46.4 Å². The smallest absolute Gasteiger partial charge is 0.250 e. The number of hydrogen-bond donors (Lipinski definition) is 3. The number of benzene rings is 2. The Balaban J connectivity index is 1.56. The first kappa shape index (κ1) is 20.2. The number of nitrogens with zero attached hydrogens (tertiary/aromatic N) is 1. The largest absolute Gasteiger partial charge is 0.392 e. The summed E-state index contributed by atoms with van der Waals surface area (Å²) in [6, 6.07) is 14.0. The average molecular weight is 440 g/mol. The van der Waals surface area contributed by atoms with Gasteiger partial charge in [-0.25, -0.2) is 0 Å². The number of anilines is 1. The van der Waals surface area contributed by atoms with Crippen LogP contribution in [0.15, 0.2) is 48.5 Å². The minimum Gasteiger partial charge on any atom is -0.392 e. The van der Waals surface area contributed by atoms with Gasteiger partial charge in [0.15, 0.2) is 0 Å². The van der Waals surface area contributed by atoms with Crippen LogP contribution in [0.1, 0.15) is 18.1 Å². The molecule has 7 nitrogen and oxygen atoms in total. The highest BCUT2D eigenvalue weighted by molar-refractivity contribution is 6.35. The van der Waals surface area contributed by atoms with Gasteiger partial charge >= 0.3 is 0 Å². The minimum absolute atomic E-state index is 0.224. The van der Waals surface area contributed by atoms with E-state index in [1.54, 1.807) is 25.1 Å². The zero-order valence-corrected chi connectivity index (χ0v) is 17.6. The second-order valence-corrected chi connectivity index (χ2v) is 8.81. The van der Waals surface area contributed by atoms with Crippen molar-refractivity contribution in [3.63, 3.8) is 0 Å². The number of carbonyl (C=O) groups is 3. The van der Waals surface area contributed by atoms with Crippen molar-refractivity contribution in [1.82, 2.24) is 10.2 Å². The summed E-state index contributed by atoms with van der Waals surface area (Å²) in [4.78, 5) is 41.4. The summed E-state index contributed by atoms with van der Waals surface area (Å²) in [6.45, 7) is 1.78. The maximum Gasteiger partial charge on any atom is 0.250 e. The third-order valence-electron chi connectivity index (χ3n) is 6.71. The monoisotopic (exact) mass is 439 g/mol. The number of hydrogen-bond acceptors (Lipinski definition) is 5. The molecule has 5 atom stereocenters. The lowest BCUT2D eigenvalue weighted by molar-refractivity contribution is -0.143. The molecular formula is C23H22ClN3O4. The molecule has 2 aromatic carbocycles. The van der Waals surface area contributed by atoms with Crippen LogP contribution in [0.3, 0.4) is 0 Å². The van der Waals surface area contributed by atoms with E-state index in [9.17, 15) is 19.5 Å². The van der Waals surface area contributed by atoms with Crippen molar-refractivity contribution in [1.29, 1.82) is 0 Å². The highest BCUT2D eigenvalue weighted by atomic mass is 35.5. The van der Waals surface area contributed by atoms with E-state index in [0.717, 1.165) is 5.56 Å². The van der Waals surface area contributed by atoms with Gasteiger partial charge in [0, 0.05) is 18.2 Å². The maximum absolute atomic E-state index is 13.6. The molecule has 3 amide bonds. The first-order valence-corrected chi connectivity index (χ1v) is 10.7. The van der Waals surface area contributed by atoms with Gasteiger partial charge in [-0.2, -0.15) is 0 Å². The highest BCUT2D eigenvalue weighted by Gasteiger charge is 2.71. The predicted molar refractivity (Wildman–Crippen MR) is 114 cm³/mol. The van der Waals surface area contributed by atoms with Crippen molar-refractivity contribution < 1.29 is 19.5 Å². The quantitative estimate of drug-likeness (QED) is 0.630. The van der Waals surface area contributed by atoms with E-state index < -0.39 is 41.3 Å². The molecule has 3 heterocycles. The van der Waals surface area contributed by atoms with E-state index in [2.05, 4.69) is 10.6 Å². The van der Waals surface area contributed by atoms with Crippen LogP contribution in [0.5, 0.6) is 0 Å². The summed E-state index contributed by atoms with van der Waals surface area (Å²) in [6.07, 6.45) is -0.416. The molecule has 0 unspecified atom stereocenters. The molecule has 31 heavy (non-hydrogen) atoms. The van der Waals surface area contributed by atoms with Crippen molar-refractivity contribution in [3.05, 3.63) is 64.7 Å². The number of amides is 3. The molecule has 160 valence electrons. The Labute approximate surface area is 184 Å². The standard InChI is InChI=1S/C23H22ClN3O4/c1-12(28)18-16-17(21(30)27(20(16)29)11-10-13-6-3-2-4-7-13)23(26-18)14-8-5-9-15(24)19(14)25-22(23)31/h2-9,12,16-18,26,28H,10-11H2,1H3,(H,25,31)/t12-,16-,17+,18-,23+/m1/s1. The Kier molecular flexibility index (Phi) is 4.66. The Bertz CT molecular complexity index is 1090. The van der Waals surface area contributed by atoms with Crippen molar-refractivity contribution in [3.8, 4) is 0 Å². The Hall–Kier alpha value is -2.74. The molecule has 2 saturated heterocycles. The summed E-state index contributed by atoms with van der Waals surface area (Å²) in [7, 11) is 0. The summed E-state index contributed by atoms with van der Waals surface area (Å²) < 4.78 is 0. The molecule has 0 bridgehead atoms. The molecule has 0 aromatic heterocycles. The number of aliphatic hydroxyl groups excluding tert-OH is 1. The highest BCUT2D eigenvalue weighted by Crippen LogP contribution is 2.54. The number of fused-ring (bicyclic) bond motifs is 4. The minimum atomic E-state index is -1.44. The third kappa shape index (κ3) is 2.77. The van der Waals surface area contributed by atoms with E-state index in [1.807, 2.05) is 30.3 Å². The first-order chi connectivity index (χ1) is 14.9. The van der Waals surface area contributed by atoms with Crippen molar-refractivity contribution in [2.24, 2.45) is 11.8 Å². The second kappa shape index (κ2) is 7.15. The number of rotatable bonds is 4. The topological polar surface area (TPSA) is 98.7 Å². The van der Waals surface area contributed by atoms with Crippen LogP contribution in [0, 0.1) is 11.8 Å². The summed E-state index contributed by atoms with van der Waals surface area (Å²) >= 11 is 6.30. The normalized spacial score (nSPS) is 30.0. The molecular weight excluding hydrogens is 418 g/mol. The van der Waals surface area contributed by atoms with Crippen molar-refractivity contribution in [2.45, 2.75) is 31.0 Å². The Morgan fingerprint density at radius 1 is 1.10 bits per heavy atom. The van der Waals surface area contributed by atoms with Gasteiger partial charge in [0.2, 0.25) is 17.7 Å². The van der Waals surface area contributed by atoms with E-state index in [1.165, 1.54) is 4.90 Å². The number of likely N-dealkylation sites (tertiary alicyclic amines) is 1. The van der Waals surface area contributed by atoms with Crippen molar-refractivity contribution >= 4 is 35.0 Å². The fourth-order valence-corrected chi connectivity index (χ4v) is 5.53. The Morgan fingerprint density at radius 2 is 1.84 bits per heavy atom.